The third kappa shape index (κ3) is 7.43. The van der Waals surface area contributed by atoms with Crippen LogP contribution in [0.2, 0.25) is 0 Å². The van der Waals surface area contributed by atoms with Gasteiger partial charge in [0.05, 0.1) is 6.61 Å². The van der Waals surface area contributed by atoms with Crippen LogP contribution in [0.3, 0.4) is 0 Å². The Morgan fingerprint density at radius 1 is 1.25 bits per heavy atom. The average Bonchev–Trinajstić information content (AvgIpc) is 2.17. The molecule has 4 nitrogen and oxygen atoms in total. The van der Waals surface area contributed by atoms with Crippen molar-refractivity contribution in [3.63, 3.8) is 0 Å². The topological polar surface area (TPSA) is 32.8 Å². The molecule has 0 radical (unpaired) electrons. The Hall–Kier alpha value is -0.870. The number of likely N-dealkylation sites (N-methyl/N-ethyl adjacent to an activating group) is 1. The minimum atomic E-state index is -0.290. The number of nitrogens with zero attached hydrogens (tertiary/aromatic N) is 2. The zero-order chi connectivity index (χ0) is 12.6. The van der Waals surface area contributed by atoms with Crippen LogP contribution in [0, 0.1) is 0 Å². The van der Waals surface area contributed by atoms with Crippen LogP contribution in [0.5, 0.6) is 0 Å². The molecule has 0 aliphatic heterocycles. The maximum Gasteiger partial charge on any atom is 0.334 e. The van der Waals surface area contributed by atoms with Gasteiger partial charge in [0.2, 0.25) is 0 Å². The Balaban J connectivity index is 3.73. The summed E-state index contributed by atoms with van der Waals surface area (Å²) in [6.45, 7) is 8.51. The normalized spacial score (nSPS) is 10.9. The molecule has 0 saturated heterocycles. The SMILES string of the molecule is C=C(CN(C)CCCN(C)C)C(=O)OCC. The lowest BCUT2D eigenvalue weighted by molar-refractivity contribution is -0.138. The van der Waals surface area contributed by atoms with Crippen molar-refractivity contribution < 1.29 is 9.53 Å². The van der Waals surface area contributed by atoms with Crippen LogP contribution in [0.25, 0.3) is 0 Å². The van der Waals surface area contributed by atoms with E-state index in [1.54, 1.807) is 6.92 Å². The summed E-state index contributed by atoms with van der Waals surface area (Å²) in [7, 11) is 6.09. The number of ether oxygens (including phenoxy) is 1. The van der Waals surface area contributed by atoms with Crippen molar-refractivity contribution in [2.24, 2.45) is 0 Å². The second kappa shape index (κ2) is 8.30. The Morgan fingerprint density at radius 3 is 2.38 bits per heavy atom. The Bertz CT molecular complexity index is 227. The van der Waals surface area contributed by atoms with Crippen LogP contribution in [0.15, 0.2) is 12.2 Å². The largest absolute Gasteiger partial charge is 0.463 e. The maximum atomic E-state index is 11.3. The van der Waals surface area contributed by atoms with Crippen LogP contribution in [0.1, 0.15) is 13.3 Å². The first-order chi connectivity index (χ1) is 7.47. The molecule has 0 unspecified atom stereocenters. The monoisotopic (exact) mass is 228 g/mol. The van der Waals surface area contributed by atoms with E-state index >= 15 is 0 Å². The predicted molar refractivity (Wildman–Crippen MR) is 66.4 cm³/mol. The number of hydrogen-bond donors (Lipinski definition) is 0. The molecule has 0 heterocycles. The molecule has 0 spiro atoms. The molecule has 4 heteroatoms. The van der Waals surface area contributed by atoms with Crippen LogP contribution in [-0.4, -0.2) is 63.2 Å². The van der Waals surface area contributed by atoms with Gasteiger partial charge in [0.1, 0.15) is 0 Å². The van der Waals surface area contributed by atoms with Gasteiger partial charge in [-0.15, -0.1) is 0 Å². The van der Waals surface area contributed by atoms with Crippen molar-refractivity contribution >= 4 is 5.97 Å². The zero-order valence-electron chi connectivity index (χ0n) is 11.0. The highest BCUT2D eigenvalue weighted by Gasteiger charge is 2.10. The van der Waals surface area contributed by atoms with Crippen molar-refractivity contribution in [3.05, 3.63) is 12.2 Å². The van der Waals surface area contributed by atoms with Crippen molar-refractivity contribution in [1.82, 2.24) is 9.80 Å². The van der Waals surface area contributed by atoms with E-state index in [-0.39, 0.29) is 5.97 Å². The first kappa shape index (κ1) is 15.1. The minimum Gasteiger partial charge on any atom is -0.463 e. The summed E-state index contributed by atoms with van der Waals surface area (Å²) in [5.41, 5.74) is 0.522. The average molecular weight is 228 g/mol. The van der Waals surface area contributed by atoms with Crippen molar-refractivity contribution in [3.8, 4) is 0 Å². The summed E-state index contributed by atoms with van der Waals surface area (Å²) >= 11 is 0. The summed E-state index contributed by atoms with van der Waals surface area (Å²) in [6.07, 6.45) is 1.08. The number of carbonyl (C=O) groups excluding carboxylic acids is 1. The van der Waals surface area contributed by atoms with E-state index in [1.807, 2.05) is 7.05 Å². The smallest absolute Gasteiger partial charge is 0.334 e. The lowest BCUT2D eigenvalue weighted by Crippen LogP contribution is -2.27. The van der Waals surface area contributed by atoms with Crippen molar-refractivity contribution in [1.29, 1.82) is 0 Å². The van der Waals surface area contributed by atoms with E-state index in [0.29, 0.717) is 18.7 Å². The molecule has 0 amide bonds. The van der Waals surface area contributed by atoms with Gasteiger partial charge >= 0.3 is 5.97 Å². The first-order valence-electron chi connectivity index (χ1n) is 5.65. The molecule has 0 rings (SSSR count). The molecule has 0 atom stereocenters. The number of rotatable bonds is 8. The van der Waals surface area contributed by atoms with Crippen molar-refractivity contribution in [2.45, 2.75) is 13.3 Å². The molecule has 0 aliphatic carbocycles. The molecule has 16 heavy (non-hydrogen) atoms. The summed E-state index contributed by atoms with van der Waals surface area (Å²) in [6, 6.07) is 0. The van der Waals surface area contributed by atoms with Crippen LogP contribution < -0.4 is 0 Å². The lowest BCUT2D eigenvalue weighted by Gasteiger charge is -2.18. The van der Waals surface area contributed by atoms with Gasteiger partial charge in [0.15, 0.2) is 0 Å². The molecule has 0 saturated carbocycles. The molecule has 0 N–H and O–H groups in total. The highest BCUT2D eigenvalue weighted by Crippen LogP contribution is 1.99. The second-order valence-electron chi connectivity index (χ2n) is 4.22. The molecule has 0 aromatic carbocycles. The van der Waals surface area contributed by atoms with Gasteiger partial charge in [0, 0.05) is 12.1 Å². The Kier molecular flexibility index (Phi) is 7.85. The van der Waals surface area contributed by atoms with Gasteiger partial charge in [-0.2, -0.15) is 0 Å². The maximum absolute atomic E-state index is 11.3. The number of esters is 1. The molecule has 0 aromatic heterocycles. The highest BCUT2D eigenvalue weighted by atomic mass is 16.5. The summed E-state index contributed by atoms with van der Waals surface area (Å²) < 4.78 is 4.87. The quantitative estimate of drug-likeness (QED) is 0.458. The standard InChI is InChI=1S/C12H24N2O2/c1-6-16-12(15)11(2)10-14(5)9-7-8-13(3)4/h2,6-10H2,1,3-5H3. The Morgan fingerprint density at radius 2 is 1.88 bits per heavy atom. The number of hydrogen-bond acceptors (Lipinski definition) is 4. The van der Waals surface area contributed by atoms with Gasteiger partial charge in [-0.05, 0) is 47.6 Å². The second-order valence-corrected chi connectivity index (χ2v) is 4.22. The third-order valence-electron chi connectivity index (χ3n) is 2.17. The molecular formula is C12H24N2O2. The van der Waals surface area contributed by atoms with E-state index in [2.05, 4.69) is 30.5 Å². The van der Waals surface area contributed by atoms with Gasteiger partial charge in [-0.3, -0.25) is 0 Å². The van der Waals surface area contributed by atoms with Gasteiger partial charge in [-0.25, -0.2) is 4.79 Å². The molecule has 0 aromatic rings. The molecular weight excluding hydrogens is 204 g/mol. The van der Waals surface area contributed by atoms with Gasteiger partial charge in [-0.1, -0.05) is 6.58 Å². The Labute approximate surface area is 98.9 Å². The first-order valence-corrected chi connectivity index (χ1v) is 5.65. The fraction of sp³-hybridized carbons (Fsp3) is 0.750. The van der Waals surface area contributed by atoms with Crippen molar-refractivity contribution in [2.75, 3.05) is 47.4 Å². The zero-order valence-corrected chi connectivity index (χ0v) is 11.0. The molecule has 0 bridgehead atoms. The van der Waals surface area contributed by atoms with E-state index in [9.17, 15) is 4.79 Å². The van der Waals surface area contributed by atoms with E-state index in [0.717, 1.165) is 19.5 Å². The summed E-state index contributed by atoms with van der Waals surface area (Å²) in [4.78, 5) is 15.5. The molecule has 0 aliphatic rings. The van der Waals surface area contributed by atoms with E-state index < -0.39 is 0 Å². The summed E-state index contributed by atoms with van der Waals surface area (Å²) in [5.74, 6) is -0.290. The van der Waals surface area contributed by atoms with E-state index in [4.69, 9.17) is 4.74 Å². The molecule has 94 valence electrons. The van der Waals surface area contributed by atoms with Gasteiger partial charge < -0.3 is 14.5 Å². The fourth-order valence-corrected chi connectivity index (χ4v) is 1.36. The minimum absolute atomic E-state index is 0.290. The highest BCUT2D eigenvalue weighted by molar-refractivity contribution is 5.88. The summed E-state index contributed by atoms with van der Waals surface area (Å²) in [5, 5.41) is 0. The van der Waals surface area contributed by atoms with Crippen LogP contribution >= 0.6 is 0 Å². The van der Waals surface area contributed by atoms with Crippen LogP contribution in [-0.2, 0) is 9.53 Å². The molecule has 0 fully saturated rings. The lowest BCUT2D eigenvalue weighted by atomic mass is 10.2. The predicted octanol–water partition coefficient (Wildman–Crippen LogP) is 0.989. The fourth-order valence-electron chi connectivity index (χ4n) is 1.36. The van der Waals surface area contributed by atoms with Gasteiger partial charge in [0.25, 0.3) is 0 Å². The third-order valence-corrected chi connectivity index (χ3v) is 2.17. The van der Waals surface area contributed by atoms with E-state index in [1.165, 1.54) is 0 Å². The number of carbonyl (C=O) groups is 1. The van der Waals surface area contributed by atoms with Crippen LogP contribution in [0.4, 0.5) is 0 Å².